The van der Waals surface area contributed by atoms with E-state index < -0.39 is 0 Å². The maximum absolute atomic E-state index is 3.72. The van der Waals surface area contributed by atoms with Crippen molar-refractivity contribution in [1.82, 2.24) is 4.98 Å². The molecule has 0 radical (unpaired) electrons. The first-order valence-electron chi connectivity index (χ1n) is 20.7. The Kier molecular flexibility index (Phi) is 6.59. The molecule has 0 spiro atoms. The van der Waals surface area contributed by atoms with E-state index in [-0.39, 0.29) is 12.1 Å². The van der Waals surface area contributed by atoms with Gasteiger partial charge in [-0.1, -0.05) is 129 Å². The Bertz CT molecular complexity index is 3390. The average molecular weight is 752 g/mol. The molecule has 10 aromatic rings. The lowest BCUT2D eigenvalue weighted by atomic mass is 9.33. The maximum Gasteiger partial charge on any atom is 0.252 e. The number of nitrogens with zero attached hydrogens (tertiary/aromatic N) is 2. The number of benzene rings is 9. The standard InChI is InChI=1S/C55H38BN3/c1-55(2)44-15-6-5-14-40(44)41-28-24-37(31-45(41)55)34-22-25-38(26-23-34)58-50-18-9-7-16-46(50)56-47-17-8-10-19-51(47)59(53-21-11-20-52(58)54(53)56)39-27-29-48-43(33-39)42-30-35-12-3-4-13-36(35)32-49(42)57-48/h3-33,57H,1-2H3. The van der Waals surface area contributed by atoms with Gasteiger partial charge in [0.05, 0.1) is 0 Å². The summed E-state index contributed by atoms with van der Waals surface area (Å²) in [5.41, 5.74) is 21.4. The Morgan fingerprint density at radius 1 is 0.424 bits per heavy atom. The van der Waals surface area contributed by atoms with Crippen molar-refractivity contribution in [3.8, 4) is 22.3 Å². The molecule has 3 aliphatic rings. The maximum atomic E-state index is 3.72. The lowest BCUT2D eigenvalue weighted by Gasteiger charge is -2.44. The molecular weight excluding hydrogens is 713 g/mol. The van der Waals surface area contributed by atoms with Gasteiger partial charge in [-0.3, -0.25) is 0 Å². The lowest BCUT2D eigenvalue weighted by Crippen LogP contribution is -2.61. The van der Waals surface area contributed by atoms with Crippen molar-refractivity contribution >= 4 is 89.8 Å². The van der Waals surface area contributed by atoms with Gasteiger partial charge in [0.25, 0.3) is 6.71 Å². The summed E-state index contributed by atoms with van der Waals surface area (Å²) >= 11 is 0. The smallest absolute Gasteiger partial charge is 0.252 e. The van der Waals surface area contributed by atoms with Crippen LogP contribution in [0.5, 0.6) is 0 Å². The number of aromatic nitrogens is 1. The predicted octanol–water partition coefficient (Wildman–Crippen LogP) is 12.5. The van der Waals surface area contributed by atoms with E-state index in [9.17, 15) is 0 Å². The molecule has 276 valence electrons. The van der Waals surface area contributed by atoms with Gasteiger partial charge in [0, 0.05) is 61.3 Å². The third kappa shape index (κ3) is 4.54. The first-order chi connectivity index (χ1) is 29.0. The summed E-state index contributed by atoms with van der Waals surface area (Å²) in [4.78, 5) is 8.69. The highest BCUT2D eigenvalue weighted by Gasteiger charge is 2.43. The minimum atomic E-state index is -0.0368. The second kappa shape index (κ2) is 11.9. The average Bonchev–Trinajstić information content (AvgIpc) is 3.75. The van der Waals surface area contributed by atoms with Crippen molar-refractivity contribution in [1.29, 1.82) is 0 Å². The number of nitrogens with one attached hydrogen (secondary N) is 1. The number of hydrogen-bond donors (Lipinski definition) is 1. The van der Waals surface area contributed by atoms with E-state index in [1.165, 1.54) is 94.1 Å². The van der Waals surface area contributed by atoms with Crippen LogP contribution >= 0.6 is 0 Å². The predicted molar refractivity (Wildman–Crippen MR) is 250 cm³/mol. The summed E-state index contributed by atoms with van der Waals surface area (Å²) in [6.45, 7) is 4.81. The number of fused-ring (bicyclic) bond motifs is 11. The summed E-state index contributed by atoms with van der Waals surface area (Å²) in [5.74, 6) is 0. The molecule has 0 saturated carbocycles. The summed E-state index contributed by atoms with van der Waals surface area (Å²) in [7, 11) is 0. The van der Waals surface area contributed by atoms with Gasteiger partial charge in [-0.15, -0.1) is 0 Å². The fraction of sp³-hybridized carbons (Fsp3) is 0.0545. The molecule has 9 aromatic carbocycles. The van der Waals surface area contributed by atoms with Gasteiger partial charge in [-0.25, -0.2) is 0 Å². The van der Waals surface area contributed by atoms with Gasteiger partial charge < -0.3 is 14.8 Å². The summed E-state index contributed by atoms with van der Waals surface area (Å²) in [6.07, 6.45) is 0. The van der Waals surface area contributed by atoms with Gasteiger partial charge in [0.2, 0.25) is 0 Å². The largest absolute Gasteiger partial charge is 0.354 e. The molecule has 13 rings (SSSR count). The summed E-state index contributed by atoms with van der Waals surface area (Å²) in [5, 5.41) is 4.98. The Morgan fingerprint density at radius 2 is 1.00 bits per heavy atom. The molecule has 2 aliphatic heterocycles. The highest BCUT2D eigenvalue weighted by Crippen LogP contribution is 2.50. The van der Waals surface area contributed by atoms with Crippen LogP contribution in [0, 0.1) is 0 Å². The van der Waals surface area contributed by atoms with Crippen molar-refractivity contribution in [2.24, 2.45) is 0 Å². The Labute approximate surface area is 343 Å². The van der Waals surface area contributed by atoms with Gasteiger partial charge in [0.15, 0.2) is 0 Å². The fourth-order valence-electron chi connectivity index (χ4n) is 10.8. The third-order valence-electron chi connectivity index (χ3n) is 13.6. The SMILES string of the molecule is CC1(C)c2ccccc2-c2ccc(-c3ccc(N4c5ccccc5B5c6ccccc6N(c6ccc7[nH]c8cc9ccccc9cc8c7c6)c6cccc4c65)cc3)cc21. The second-order valence-electron chi connectivity index (χ2n) is 17.0. The number of hydrogen-bond acceptors (Lipinski definition) is 2. The van der Waals surface area contributed by atoms with Crippen LogP contribution in [0.1, 0.15) is 25.0 Å². The van der Waals surface area contributed by atoms with Crippen molar-refractivity contribution in [2.45, 2.75) is 19.3 Å². The molecular formula is C55H38BN3. The van der Waals surface area contributed by atoms with E-state index in [2.05, 4.69) is 217 Å². The van der Waals surface area contributed by atoms with Gasteiger partial charge in [-0.2, -0.15) is 0 Å². The van der Waals surface area contributed by atoms with E-state index in [0.29, 0.717) is 0 Å². The fourth-order valence-corrected chi connectivity index (χ4v) is 10.8. The van der Waals surface area contributed by atoms with E-state index in [0.717, 1.165) is 22.4 Å². The van der Waals surface area contributed by atoms with Gasteiger partial charge in [-0.05, 0) is 133 Å². The lowest BCUT2D eigenvalue weighted by molar-refractivity contribution is 0.660. The molecule has 1 N–H and O–H groups in total. The number of para-hydroxylation sites is 2. The topological polar surface area (TPSA) is 22.3 Å². The third-order valence-corrected chi connectivity index (χ3v) is 13.6. The zero-order valence-electron chi connectivity index (χ0n) is 32.9. The molecule has 1 aromatic heterocycles. The Morgan fingerprint density at radius 3 is 1.76 bits per heavy atom. The minimum absolute atomic E-state index is 0.0368. The monoisotopic (exact) mass is 751 g/mol. The number of H-pyrrole nitrogens is 1. The van der Waals surface area contributed by atoms with Crippen molar-refractivity contribution in [2.75, 3.05) is 9.80 Å². The molecule has 4 heteroatoms. The number of aromatic amines is 1. The normalized spacial score (nSPS) is 14.3. The van der Waals surface area contributed by atoms with Crippen LogP contribution in [0.3, 0.4) is 0 Å². The molecule has 0 saturated heterocycles. The molecule has 0 atom stereocenters. The molecule has 3 nitrogen and oxygen atoms in total. The van der Waals surface area contributed by atoms with E-state index in [1.54, 1.807) is 0 Å². The molecule has 1 aliphatic carbocycles. The zero-order chi connectivity index (χ0) is 39.0. The Balaban J connectivity index is 0.952. The first-order valence-corrected chi connectivity index (χ1v) is 20.7. The van der Waals surface area contributed by atoms with Crippen LogP contribution in [0.15, 0.2) is 188 Å². The molecule has 3 heterocycles. The van der Waals surface area contributed by atoms with E-state index in [1.807, 2.05) is 0 Å². The minimum Gasteiger partial charge on any atom is -0.354 e. The van der Waals surface area contributed by atoms with Crippen LogP contribution < -0.4 is 26.2 Å². The molecule has 0 amide bonds. The highest BCUT2D eigenvalue weighted by atomic mass is 15.2. The quantitative estimate of drug-likeness (QED) is 0.182. The van der Waals surface area contributed by atoms with Crippen LogP contribution in [0.4, 0.5) is 34.1 Å². The zero-order valence-corrected chi connectivity index (χ0v) is 32.9. The van der Waals surface area contributed by atoms with Crippen molar-refractivity contribution in [3.63, 3.8) is 0 Å². The van der Waals surface area contributed by atoms with Crippen LogP contribution in [0.25, 0.3) is 54.8 Å². The Hall–Kier alpha value is -7.30. The summed E-state index contributed by atoms with van der Waals surface area (Å²) in [6, 6.07) is 70.2. The molecule has 0 unspecified atom stereocenters. The molecule has 0 fully saturated rings. The van der Waals surface area contributed by atoms with Gasteiger partial charge in [0.1, 0.15) is 0 Å². The first kappa shape index (κ1) is 32.8. The molecule has 59 heavy (non-hydrogen) atoms. The van der Waals surface area contributed by atoms with Crippen LogP contribution in [-0.2, 0) is 5.41 Å². The molecule has 0 bridgehead atoms. The van der Waals surface area contributed by atoms with Crippen LogP contribution in [0.2, 0.25) is 0 Å². The van der Waals surface area contributed by atoms with Gasteiger partial charge >= 0.3 is 0 Å². The van der Waals surface area contributed by atoms with Crippen molar-refractivity contribution in [3.05, 3.63) is 199 Å². The number of rotatable bonds is 3. The van der Waals surface area contributed by atoms with Crippen LogP contribution in [-0.4, -0.2) is 11.7 Å². The second-order valence-corrected chi connectivity index (χ2v) is 17.0. The van der Waals surface area contributed by atoms with Crippen molar-refractivity contribution < 1.29 is 0 Å². The highest BCUT2D eigenvalue weighted by molar-refractivity contribution is 7.00. The van der Waals surface area contributed by atoms with E-state index >= 15 is 0 Å². The van der Waals surface area contributed by atoms with E-state index in [4.69, 9.17) is 0 Å². The number of anilines is 6. The summed E-state index contributed by atoms with van der Waals surface area (Å²) < 4.78 is 0.